The van der Waals surface area contributed by atoms with Gasteiger partial charge in [0.1, 0.15) is 5.88 Å². The summed E-state index contributed by atoms with van der Waals surface area (Å²) in [4.78, 5) is 27.9. The highest BCUT2D eigenvalue weighted by molar-refractivity contribution is 6.27. The van der Waals surface area contributed by atoms with Crippen LogP contribution in [0.2, 0.25) is 0 Å². The van der Waals surface area contributed by atoms with E-state index in [0.29, 0.717) is 5.56 Å². The number of halogens is 4. The van der Waals surface area contributed by atoms with Gasteiger partial charge < -0.3 is 14.9 Å². The quantitative estimate of drug-likeness (QED) is 0.685. The largest absolute Gasteiger partial charge is 0.479 e. The monoisotopic (exact) mass is 440 g/mol. The van der Waals surface area contributed by atoms with E-state index < -0.39 is 41.1 Å². The fourth-order valence-electron chi connectivity index (χ4n) is 3.79. The van der Waals surface area contributed by atoms with Gasteiger partial charge in [0.25, 0.3) is 0 Å². The van der Waals surface area contributed by atoms with Crippen LogP contribution in [0.3, 0.4) is 0 Å². The minimum absolute atomic E-state index is 0.0416. The summed E-state index contributed by atoms with van der Waals surface area (Å²) in [5.41, 5.74) is -1.15. The molecule has 1 aliphatic rings. The van der Waals surface area contributed by atoms with Gasteiger partial charge in [0.15, 0.2) is 5.54 Å². The van der Waals surface area contributed by atoms with E-state index in [4.69, 9.17) is 11.6 Å². The fourth-order valence-corrected chi connectivity index (χ4v) is 3.92. The lowest BCUT2D eigenvalue weighted by Crippen LogP contribution is -2.75. The molecule has 2 aromatic carbocycles. The Labute approximate surface area is 176 Å². The van der Waals surface area contributed by atoms with Gasteiger partial charge in [-0.3, -0.25) is 4.79 Å². The summed E-state index contributed by atoms with van der Waals surface area (Å²) in [7, 11) is 0. The molecule has 2 aromatic rings. The normalized spacial score (nSPS) is 16.5. The van der Waals surface area contributed by atoms with Gasteiger partial charge in [-0.2, -0.15) is 13.2 Å². The van der Waals surface area contributed by atoms with E-state index in [0.717, 1.165) is 17.8 Å². The number of carbonyl (C=O) groups is 2. The van der Waals surface area contributed by atoms with Gasteiger partial charge in [0.05, 0.1) is 24.7 Å². The van der Waals surface area contributed by atoms with Crippen LogP contribution >= 0.6 is 11.6 Å². The van der Waals surface area contributed by atoms with Gasteiger partial charge in [-0.05, 0) is 36.8 Å². The van der Waals surface area contributed by atoms with Crippen LogP contribution in [0.4, 0.5) is 18.9 Å². The third-order valence-corrected chi connectivity index (χ3v) is 5.60. The number of para-hydroxylation sites is 1. The number of rotatable bonds is 6. The lowest BCUT2D eigenvalue weighted by atomic mass is 9.84. The molecule has 1 fully saturated rings. The molecule has 1 amide bonds. The predicted molar refractivity (Wildman–Crippen MR) is 106 cm³/mol. The predicted octanol–water partition coefficient (Wildman–Crippen LogP) is 4.18. The second kappa shape index (κ2) is 8.18. The highest BCUT2D eigenvalue weighted by Crippen LogP contribution is 2.39. The summed E-state index contributed by atoms with van der Waals surface area (Å²) < 4.78 is 38.6. The minimum atomic E-state index is -4.49. The zero-order chi connectivity index (χ0) is 22.1. The topological polar surface area (TPSA) is 60.9 Å². The van der Waals surface area contributed by atoms with Crippen molar-refractivity contribution in [3.63, 3.8) is 0 Å². The van der Waals surface area contributed by atoms with Crippen LogP contribution in [0.15, 0.2) is 54.6 Å². The Morgan fingerprint density at radius 1 is 1.13 bits per heavy atom. The number of benzene rings is 2. The summed E-state index contributed by atoms with van der Waals surface area (Å²) in [6.45, 7) is 1.67. The maximum atomic E-state index is 12.9. The third-order valence-electron chi connectivity index (χ3n) is 5.38. The summed E-state index contributed by atoms with van der Waals surface area (Å²) in [5, 5.41) is 10.00. The Morgan fingerprint density at radius 3 is 2.17 bits per heavy atom. The van der Waals surface area contributed by atoms with E-state index in [-0.39, 0.29) is 13.1 Å². The van der Waals surface area contributed by atoms with Crippen molar-refractivity contribution in [1.29, 1.82) is 0 Å². The minimum Gasteiger partial charge on any atom is -0.479 e. The number of amides is 1. The molecule has 5 nitrogen and oxygen atoms in total. The Morgan fingerprint density at radius 2 is 1.70 bits per heavy atom. The van der Waals surface area contributed by atoms with E-state index >= 15 is 0 Å². The van der Waals surface area contributed by atoms with E-state index in [2.05, 4.69) is 0 Å². The summed E-state index contributed by atoms with van der Waals surface area (Å²) in [5.74, 6) is -2.23. The molecule has 1 saturated heterocycles. The summed E-state index contributed by atoms with van der Waals surface area (Å²) in [6.07, 6.45) is -4.49. The van der Waals surface area contributed by atoms with Crippen LogP contribution in [0.1, 0.15) is 24.1 Å². The lowest BCUT2D eigenvalue weighted by Gasteiger charge is -2.55. The molecule has 9 heteroatoms. The standard InChI is InChI=1S/C21H20ClF3N2O3/c1-14(15-7-9-16(10-8-15)21(23,24)25)27(18(28)11-22)20(19(29)30)12-26(13-20)17-5-3-2-4-6-17/h2-10,14H,11-13H2,1H3,(H,29,30)/t14-/m0/s1. The maximum absolute atomic E-state index is 12.9. The van der Waals surface area contributed by atoms with Crippen LogP contribution in [0.25, 0.3) is 0 Å². The van der Waals surface area contributed by atoms with Crippen LogP contribution in [-0.4, -0.2) is 46.4 Å². The van der Waals surface area contributed by atoms with Crippen molar-refractivity contribution in [2.24, 2.45) is 0 Å². The zero-order valence-corrected chi connectivity index (χ0v) is 16.8. The van der Waals surface area contributed by atoms with Gasteiger partial charge in [0.2, 0.25) is 5.91 Å². The molecular formula is C21H20ClF3N2O3. The highest BCUT2D eigenvalue weighted by Gasteiger charge is 2.57. The number of nitrogens with zero attached hydrogens (tertiary/aromatic N) is 2. The first-order valence-corrected chi connectivity index (χ1v) is 9.72. The van der Waals surface area contributed by atoms with Gasteiger partial charge in [-0.25, -0.2) is 4.79 Å². The Bertz CT molecular complexity index is 913. The number of anilines is 1. The van der Waals surface area contributed by atoms with Crippen molar-refractivity contribution in [2.75, 3.05) is 23.9 Å². The average molecular weight is 441 g/mol. The van der Waals surface area contributed by atoms with Crippen molar-refractivity contribution in [1.82, 2.24) is 4.90 Å². The van der Waals surface area contributed by atoms with Gasteiger partial charge >= 0.3 is 12.1 Å². The molecule has 1 aliphatic heterocycles. The van der Waals surface area contributed by atoms with Crippen LogP contribution in [-0.2, 0) is 15.8 Å². The number of carboxylic acid groups (broad SMARTS) is 1. The van der Waals surface area contributed by atoms with E-state index in [1.54, 1.807) is 6.92 Å². The maximum Gasteiger partial charge on any atom is 0.416 e. The van der Waals surface area contributed by atoms with Crippen LogP contribution < -0.4 is 4.90 Å². The Hall–Kier alpha value is -2.74. The van der Waals surface area contributed by atoms with Crippen LogP contribution in [0.5, 0.6) is 0 Å². The Balaban J connectivity index is 1.92. The zero-order valence-electron chi connectivity index (χ0n) is 16.1. The second-order valence-electron chi connectivity index (χ2n) is 7.22. The number of hydrogen-bond acceptors (Lipinski definition) is 3. The second-order valence-corrected chi connectivity index (χ2v) is 7.49. The number of carbonyl (C=O) groups excluding carboxylic acids is 1. The number of hydrogen-bond donors (Lipinski definition) is 1. The van der Waals surface area contributed by atoms with Crippen molar-refractivity contribution in [3.05, 3.63) is 65.7 Å². The molecule has 0 bridgehead atoms. The first kappa shape index (κ1) is 22.0. The molecule has 0 radical (unpaired) electrons. The first-order chi connectivity index (χ1) is 14.1. The van der Waals surface area contributed by atoms with E-state index in [9.17, 15) is 27.9 Å². The molecule has 0 unspecified atom stereocenters. The lowest BCUT2D eigenvalue weighted by molar-refractivity contribution is -0.163. The molecule has 1 heterocycles. The molecule has 30 heavy (non-hydrogen) atoms. The third kappa shape index (κ3) is 3.96. The van der Waals surface area contributed by atoms with Gasteiger partial charge in [-0.1, -0.05) is 30.3 Å². The molecule has 1 atom stereocenters. The molecule has 0 aromatic heterocycles. The number of alkyl halides is 4. The van der Waals surface area contributed by atoms with Crippen molar-refractivity contribution in [2.45, 2.75) is 24.7 Å². The molecule has 0 spiro atoms. The first-order valence-electron chi connectivity index (χ1n) is 9.19. The molecule has 3 rings (SSSR count). The fraction of sp³-hybridized carbons (Fsp3) is 0.333. The van der Waals surface area contributed by atoms with Gasteiger partial charge in [-0.15, -0.1) is 11.6 Å². The number of carboxylic acids is 1. The van der Waals surface area contributed by atoms with Crippen molar-refractivity contribution >= 4 is 29.2 Å². The molecule has 1 N–H and O–H groups in total. The smallest absolute Gasteiger partial charge is 0.416 e. The highest BCUT2D eigenvalue weighted by atomic mass is 35.5. The summed E-state index contributed by atoms with van der Waals surface area (Å²) >= 11 is 5.76. The molecule has 0 aliphatic carbocycles. The number of aliphatic carboxylic acids is 1. The van der Waals surface area contributed by atoms with Crippen molar-refractivity contribution in [3.8, 4) is 0 Å². The molecule has 160 valence electrons. The Kier molecular flexibility index (Phi) is 5.99. The molecule has 0 saturated carbocycles. The van der Waals surface area contributed by atoms with E-state index in [1.807, 2.05) is 35.2 Å². The molecular weight excluding hydrogens is 421 g/mol. The average Bonchev–Trinajstić information content (AvgIpc) is 2.69. The van der Waals surface area contributed by atoms with E-state index in [1.165, 1.54) is 17.0 Å². The summed E-state index contributed by atoms with van der Waals surface area (Å²) in [6, 6.07) is 12.7. The SMILES string of the molecule is C[C@@H](c1ccc(C(F)(F)F)cc1)N(C(=O)CCl)C1(C(=O)O)CN(c2ccccc2)C1. The van der Waals surface area contributed by atoms with Crippen LogP contribution in [0, 0.1) is 0 Å². The van der Waals surface area contributed by atoms with Crippen molar-refractivity contribution < 1.29 is 27.9 Å². The van der Waals surface area contributed by atoms with Gasteiger partial charge in [0, 0.05) is 5.69 Å².